The summed E-state index contributed by atoms with van der Waals surface area (Å²) in [6.45, 7) is 9.36. The van der Waals surface area contributed by atoms with Crippen LogP contribution < -0.4 is 31.3 Å². The second-order valence-electron chi connectivity index (χ2n) is 22.4. The Morgan fingerprint density at radius 3 is 2.24 bits per heavy atom. The Morgan fingerprint density at radius 1 is 0.868 bits per heavy atom. The molecule has 3 unspecified atom stereocenters. The number of ether oxygens (including phenoxy) is 3. The number of halogens is 1. The number of rotatable bonds is 20. The van der Waals surface area contributed by atoms with E-state index in [0.29, 0.717) is 67.2 Å². The molecule has 3 saturated heterocycles. The molecule has 6 N–H and O–H groups in total. The molecule has 4 fully saturated rings. The number of likely N-dealkylation sites (N-methyl/N-ethyl adjacent to an activating group) is 1. The summed E-state index contributed by atoms with van der Waals surface area (Å²) in [7, 11) is 2.18. The standard InChI is InChI=1S/C57H75ClN8O10/c1-35-6-12-42(30-43(35)58)66(22-5-21-64-23-15-38(16-24-64)28-37-7-9-39(10-8-37)54(59)72)55(73)40-17-25-65(26-18-40)50(71)34-75-32-48(69)61-36(2)60-47(68)31-74-33-49(70)62-44-14-19-56(3)46-29-41-11-13-45(67)52-51(41)57(56,53(44)76-52)20-27-63(46)4/h6-13,30,36,38,40,44,46,53,67H,5,14-29,31-34H2,1-4H3,(H2,59,72)(H,60,68)(H,61,69)(H,62,70)/t36?,44-,46?,53-,56-,57?/m0/s1. The van der Waals surface area contributed by atoms with Gasteiger partial charge in [-0.1, -0.05) is 42.8 Å². The molecular weight excluding hydrogens is 992 g/mol. The van der Waals surface area contributed by atoms with E-state index < -0.39 is 37.1 Å². The minimum atomic E-state index is -0.790. The lowest BCUT2D eigenvalue weighted by molar-refractivity contribution is -0.141. The number of phenols is 1. The van der Waals surface area contributed by atoms with Crippen molar-refractivity contribution in [3.05, 3.63) is 87.4 Å². The van der Waals surface area contributed by atoms with Crippen LogP contribution in [0.4, 0.5) is 5.69 Å². The van der Waals surface area contributed by atoms with E-state index in [1.807, 2.05) is 48.2 Å². The van der Waals surface area contributed by atoms with Crippen LogP contribution in [0.15, 0.2) is 54.6 Å². The Hall–Kier alpha value is -5.79. The van der Waals surface area contributed by atoms with Crippen molar-refractivity contribution in [2.24, 2.45) is 23.0 Å². The van der Waals surface area contributed by atoms with E-state index in [1.165, 1.54) is 11.1 Å². The molecule has 19 heteroatoms. The van der Waals surface area contributed by atoms with E-state index in [9.17, 15) is 33.9 Å². The number of phenolic OH excluding ortho intramolecular Hbond substituents is 1. The number of anilines is 1. The normalized spacial score (nSPS) is 24.7. The highest BCUT2D eigenvalue weighted by atomic mass is 35.5. The number of carbonyl (C=O) groups excluding carboxylic acids is 6. The van der Waals surface area contributed by atoms with Gasteiger partial charge in [0.05, 0.1) is 12.2 Å². The van der Waals surface area contributed by atoms with Crippen molar-refractivity contribution < 1.29 is 48.1 Å². The van der Waals surface area contributed by atoms with Gasteiger partial charge in [0.1, 0.15) is 32.5 Å². The number of aryl methyl sites for hydroxylation is 1. The fourth-order valence-electron chi connectivity index (χ4n) is 13.5. The van der Waals surface area contributed by atoms with Gasteiger partial charge >= 0.3 is 0 Å². The lowest BCUT2D eigenvalue weighted by Crippen LogP contribution is -2.73. The monoisotopic (exact) mass is 1070 g/mol. The van der Waals surface area contributed by atoms with Crippen LogP contribution in [0.2, 0.25) is 5.02 Å². The first kappa shape index (κ1) is 55.0. The van der Waals surface area contributed by atoms with Gasteiger partial charge in [0, 0.05) is 58.8 Å². The maximum absolute atomic E-state index is 14.2. The highest BCUT2D eigenvalue weighted by molar-refractivity contribution is 6.31. The van der Waals surface area contributed by atoms with E-state index in [0.717, 1.165) is 87.9 Å². The molecule has 2 aliphatic carbocycles. The number of hydrogen-bond acceptors (Lipinski definition) is 12. The smallest absolute Gasteiger partial charge is 0.248 e. The summed E-state index contributed by atoms with van der Waals surface area (Å²) in [6, 6.07) is 17.0. The molecule has 0 radical (unpaired) electrons. The molecule has 76 heavy (non-hydrogen) atoms. The lowest BCUT2D eigenvalue weighted by atomic mass is 9.43. The van der Waals surface area contributed by atoms with Crippen LogP contribution in [0.5, 0.6) is 11.5 Å². The van der Waals surface area contributed by atoms with Gasteiger partial charge in [-0.25, -0.2) is 0 Å². The number of nitrogens with one attached hydrogen (secondary N) is 3. The average Bonchev–Trinajstić information content (AvgIpc) is 4.00. The van der Waals surface area contributed by atoms with Gasteiger partial charge in [-0.15, -0.1) is 0 Å². The summed E-state index contributed by atoms with van der Waals surface area (Å²) in [5, 5.41) is 19.9. The van der Waals surface area contributed by atoms with Crippen LogP contribution >= 0.6 is 11.6 Å². The van der Waals surface area contributed by atoms with Crippen molar-refractivity contribution in [3.63, 3.8) is 0 Å². The van der Waals surface area contributed by atoms with Gasteiger partial charge in [-0.05, 0) is 170 Å². The molecule has 18 nitrogen and oxygen atoms in total. The van der Waals surface area contributed by atoms with Gasteiger partial charge in [0.2, 0.25) is 35.4 Å². The summed E-state index contributed by atoms with van der Waals surface area (Å²) in [4.78, 5) is 86.0. The summed E-state index contributed by atoms with van der Waals surface area (Å²) in [5.41, 5.74) is 10.7. The number of nitrogens with two attached hydrogens (primary N) is 1. The average molecular weight is 1070 g/mol. The zero-order valence-electron chi connectivity index (χ0n) is 44.4. The number of amides is 6. The fraction of sp³-hybridized carbons (Fsp3) is 0.579. The van der Waals surface area contributed by atoms with Crippen molar-refractivity contribution in [3.8, 4) is 11.5 Å². The minimum Gasteiger partial charge on any atom is -0.504 e. The molecule has 2 bridgehead atoms. The summed E-state index contributed by atoms with van der Waals surface area (Å²) in [6.07, 6.45) is 7.08. The predicted octanol–water partition coefficient (Wildman–Crippen LogP) is 4.23. The van der Waals surface area contributed by atoms with E-state index >= 15 is 0 Å². The van der Waals surface area contributed by atoms with Crippen LogP contribution in [0, 0.1) is 24.2 Å². The Kier molecular flexibility index (Phi) is 17.0. The first-order valence-corrected chi connectivity index (χ1v) is 27.5. The lowest BCUT2D eigenvalue weighted by Gasteiger charge is -2.65. The van der Waals surface area contributed by atoms with Crippen molar-refractivity contribution in [1.29, 1.82) is 0 Å². The highest BCUT2D eigenvalue weighted by Gasteiger charge is 2.71. The maximum atomic E-state index is 14.2. The van der Waals surface area contributed by atoms with Gasteiger partial charge in [0.25, 0.3) is 0 Å². The Bertz CT molecular complexity index is 2660. The minimum absolute atomic E-state index is 0.0116. The second kappa shape index (κ2) is 23.4. The Labute approximate surface area is 450 Å². The molecule has 4 aliphatic heterocycles. The third-order valence-corrected chi connectivity index (χ3v) is 18.0. The molecule has 6 aliphatic rings. The molecule has 6 atom stereocenters. The summed E-state index contributed by atoms with van der Waals surface area (Å²) < 4.78 is 17.6. The van der Waals surface area contributed by atoms with Crippen LogP contribution in [-0.2, 0) is 51.7 Å². The molecule has 0 aromatic heterocycles. The molecule has 410 valence electrons. The summed E-state index contributed by atoms with van der Waals surface area (Å²) >= 11 is 6.56. The third kappa shape index (κ3) is 11.6. The number of primary amides is 1. The topological polar surface area (TPSA) is 225 Å². The van der Waals surface area contributed by atoms with Gasteiger partial charge < -0.3 is 60.6 Å². The number of carbonyl (C=O) groups is 6. The summed E-state index contributed by atoms with van der Waals surface area (Å²) in [5.74, 6) is -1.19. The molecule has 3 aromatic rings. The van der Waals surface area contributed by atoms with E-state index in [4.69, 9.17) is 31.5 Å². The van der Waals surface area contributed by atoms with Gasteiger partial charge in [-0.3, -0.25) is 28.8 Å². The Morgan fingerprint density at radius 2 is 1.55 bits per heavy atom. The molecule has 1 saturated carbocycles. The Balaban J connectivity index is 0.657. The number of piperidine rings is 3. The van der Waals surface area contributed by atoms with Crippen LogP contribution in [0.25, 0.3) is 0 Å². The van der Waals surface area contributed by atoms with Crippen LogP contribution in [0.3, 0.4) is 0 Å². The molecule has 9 rings (SSSR count). The largest absolute Gasteiger partial charge is 0.504 e. The number of aromatic hydroxyl groups is 1. The molecule has 3 aromatic carbocycles. The van der Waals surface area contributed by atoms with E-state index in [1.54, 1.807) is 30.0 Å². The fourth-order valence-corrected chi connectivity index (χ4v) is 13.7. The maximum Gasteiger partial charge on any atom is 0.248 e. The van der Waals surface area contributed by atoms with Crippen molar-refractivity contribution in [2.75, 3.05) is 84.2 Å². The SMILES string of the molecule is Cc1ccc(N(CCCN2CCC(Cc3ccc(C(N)=O)cc3)CC2)C(=O)C2CCN(C(=O)COCC(=O)NC(C)NC(=O)COCC(=O)N[C@H]3CC[C@@]4(C)C5Cc6ccc(O)c7c6C4(CCN5C)[C@H]3O7)CC2)cc1Cl. The number of likely N-dealkylation sites (tertiary alicyclic amines) is 3. The predicted molar refractivity (Wildman–Crippen MR) is 286 cm³/mol. The van der Waals surface area contributed by atoms with Crippen LogP contribution in [0.1, 0.15) is 97.8 Å². The number of hydrogen-bond donors (Lipinski definition) is 5. The number of benzene rings is 3. The van der Waals surface area contributed by atoms with Crippen LogP contribution in [-0.4, -0.2) is 159 Å². The zero-order chi connectivity index (χ0) is 53.9. The zero-order valence-corrected chi connectivity index (χ0v) is 45.1. The quantitative estimate of drug-likeness (QED) is 0.100. The van der Waals surface area contributed by atoms with Gasteiger partial charge in [0.15, 0.2) is 11.5 Å². The van der Waals surface area contributed by atoms with E-state index in [-0.39, 0.29) is 65.6 Å². The van der Waals surface area contributed by atoms with Gasteiger partial charge in [-0.2, -0.15) is 0 Å². The number of nitrogens with zero attached hydrogens (tertiary/aromatic N) is 4. The van der Waals surface area contributed by atoms with Crippen molar-refractivity contribution in [2.45, 2.75) is 115 Å². The second-order valence-corrected chi connectivity index (χ2v) is 22.8. The molecule has 4 heterocycles. The van der Waals surface area contributed by atoms with Crippen molar-refractivity contribution >= 4 is 52.7 Å². The third-order valence-electron chi connectivity index (χ3n) is 17.6. The molecule has 1 spiro atoms. The highest BCUT2D eigenvalue weighted by Crippen LogP contribution is 2.68. The van der Waals surface area contributed by atoms with E-state index in [2.05, 4.69) is 39.7 Å². The first-order valence-electron chi connectivity index (χ1n) is 27.2. The first-order chi connectivity index (χ1) is 36.4. The molecular formula is C57H75ClN8O10. The van der Waals surface area contributed by atoms with Crippen molar-refractivity contribution in [1.82, 2.24) is 30.7 Å². The molecule has 6 amide bonds.